The van der Waals surface area contributed by atoms with Gasteiger partial charge in [-0.1, -0.05) is 0 Å². The quantitative estimate of drug-likeness (QED) is 0.850. The van der Waals surface area contributed by atoms with Gasteiger partial charge >= 0.3 is 0 Å². The minimum absolute atomic E-state index is 0.741. The molecule has 0 saturated carbocycles. The van der Waals surface area contributed by atoms with Crippen molar-refractivity contribution >= 4 is 0 Å². The van der Waals surface area contributed by atoms with Crippen LogP contribution in [0.5, 0.6) is 0 Å². The van der Waals surface area contributed by atoms with E-state index in [0.717, 1.165) is 31.6 Å². The molecule has 0 radical (unpaired) electrons. The Kier molecular flexibility index (Phi) is 3.16. The average molecular weight is 234 g/mol. The molecule has 0 bridgehead atoms. The highest BCUT2D eigenvalue weighted by molar-refractivity contribution is 4.97. The van der Waals surface area contributed by atoms with E-state index in [1.807, 2.05) is 6.20 Å². The molecule has 94 valence electrons. The summed E-state index contributed by atoms with van der Waals surface area (Å²) in [5.41, 5.74) is 0. The van der Waals surface area contributed by atoms with Gasteiger partial charge in [0.05, 0.1) is 6.54 Å². The van der Waals surface area contributed by atoms with E-state index >= 15 is 0 Å². The van der Waals surface area contributed by atoms with Crippen molar-refractivity contribution in [3.8, 4) is 0 Å². The Morgan fingerprint density at radius 1 is 1.47 bits per heavy atom. The van der Waals surface area contributed by atoms with Gasteiger partial charge < -0.3 is 9.88 Å². The number of hydrogen-bond donors (Lipinski definition) is 1. The van der Waals surface area contributed by atoms with Crippen molar-refractivity contribution < 1.29 is 0 Å². The molecule has 1 aromatic heterocycles. The third-order valence-corrected chi connectivity index (χ3v) is 4.28. The van der Waals surface area contributed by atoms with Gasteiger partial charge in [-0.2, -0.15) is 0 Å². The van der Waals surface area contributed by atoms with Crippen molar-refractivity contribution in [3.05, 3.63) is 18.2 Å². The highest BCUT2D eigenvalue weighted by Crippen LogP contribution is 2.27. The van der Waals surface area contributed by atoms with Gasteiger partial charge in [-0.3, -0.25) is 4.90 Å². The second-order valence-electron chi connectivity index (χ2n) is 5.23. The summed E-state index contributed by atoms with van der Waals surface area (Å²) in [5, 5.41) is 3.53. The van der Waals surface area contributed by atoms with Crippen LogP contribution in [0.2, 0.25) is 0 Å². The number of nitrogens with one attached hydrogen (secondary N) is 1. The first-order valence-corrected chi connectivity index (χ1v) is 6.83. The summed E-state index contributed by atoms with van der Waals surface area (Å²) >= 11 is 0. The molecule has 0 amide bonds. The third kappa shape index (κ3) is 2.11. The van der Waals surface area contributed by atoms with Crippen LogP contribution in [0.25, 0.3) is 0 Å². The molecule has 1 aromatic rings. The van der Waals surface area contributed by atoms with Crippen molar-refractivity contribution in [1.82, 2.24) is 19.8 Å². The molecule has 0 aliphatic carbocycles. The molecule has 2 saturated heterocycles. The zero-order valence-corrected chi connectivity index (χ0v) is 10.6. The molecular weight excluding hydrogens is 212 g/mol. The molecule has 17 heavy (non-hydrogen) atoms. The first-order chi connectivity index (χ1) is 8.38. The molecule has 0 spiro atoms. The standard InChI is InChI=1S/C13H22N4/c1-2-16-7-5-15-13(16)10-17-6-3-4-11-8-14-9-12(11)17/h5,7,11-12,14H,2-4,6,8-10H2,1H3. The minimum atomic E-state index is 0.741. The molecular formula is C13H22N4. The summed E-state index contributed by atoms with van der Waals surface area (Å²) < 4.78 is 2.26. The fraction of sp³-hybridized carbons (Fsp3) is 0.769. The summed E-state index contributed by atoms with van der Waals surface area (Å²) in [7, 11) is 0. The zero-order valence-electron chi connectivity index (χ0n) is 10.6. The smallest absolute Gasteiger partial charge is 0.122 e. The van der Waals surface area contributed by atoms with Crippen LogP contribution in [-0.2, 0) is 13.1 Å². The van der Waals surface area contributed by atoms with E-state index in [0.29, 0.717) is 0 Å². The van der Waals surface area contributed by atoms with Crippen LogP contribution in [0, 0.1) is 5.92 Å². The first-order valence-electron chi connectivity index (χ1n) is 6.83. The van der Waals surface area contributed by atoms with Crippen LogP contribution in [0.15, 0.2) is 12.4 Å². The summed E-state index contributed by atoms with van der Waals surface area (Å²) in [4.78, 5) is 7.12. The van der Waals surface area contributed by atoms with E-state index in [-0.39, 0.29) is 0 Å². The molecule has 4 nitrogen and oxygen atoms in total. The Morgan fingerprint density at radius 3 is 3.29 bits per heavy atom. The summed E-state index contributed by atoms with van der Waals surface area (Å²) in [6.45, 7) is 7.83. The van der Waals surface area contributed by atoms with Crippen LogP contribution < -0.4 is 5.32 Å². The normalized spacial score (nSPS) is 29.5. The van der Waals surface area contributed by atoms with E-state index in [2.05, 4.69) is 32.9 Å². The van der Waals surface area contributed by atoms with Crippen LogP contribution in [0.3, 0.4) is 0 Å². The van der Waals surface area contributed by atoms with Crippen molar-refractivity contribution in [2.24, 2.45) is 5.92 Å². The summed E-state index contributed by atoms with van der Waals surface area (Å²) in [6, 6.07) is 0.741. The minimum Gasteiger partial charge on any atom is -0.334 e. The van der Waals surface area contributed by atoms with Crippen molar-refractivity contribution in [2.75, 3.05) is 19.6 Å². The number of aryl methyl sites for hydroxylation is 1. The number of aromatic nitrogens is 2. The van der Waals surface area contributed by atoms with E-state index in [1.54, 1.807) is 0 Å². The van der Waals surface area contributed by atoms with Crippen molar-refractivity contribution in [1.29, 1.82) is 0 Å². The predicted molar refractivity (Wildman–Crippen MR) is 67.7 cm³/mol. The van der Waals surface area contributed by atoms with Gasteiger partial charge in [0.1, 0.15) is 5.82 Å². The number of piperidine rings is 1. The van der Waals surface area contributed by atoms with E-state index in [4.69, 9.17) is 0 Å². The molecule has 0 aromatic carbocycles. The van der Waals surface area contributed by atoms with Crippen LogP contribution >= 0.6 is 0 Å². The number of imidazole rings is 1. The van der Waals surface area contributed by atoms with Crippen molar-refractivity contribution in [2.45, 2.75) is 38.9 Å². The molecule has 4 heteroatoms. The van der Waals surface area contributed by atoms with Gasteiger partial charge in [0, 0.05) is 31.5 Å². The average Bonchev–Trinajstić information content (AvgIpc) is 2.97. The Balaban J connectivity index is 1.71. The second kappa shape index (κ2) is 4.78. The maximum Gasteiger partial charge on any atom is 0.122 e. The van der Waals surface area contributed by atoms with Gasteiger partial charge in [0.2, 0.25) is 0 Å². The van der Waals surface area contributed by atoms with E-state index < -0.39 is 0 Å². The summed E-state index contributed by atoms with van der Waals surface area (Å²) in [6.07, 6.45) is 6.75. The highest BCUT2D eigenvalue weighted by atomic mass is 15.2. The molecule has 3 heterocycles. The lowest BCUT2D eigenvalue weighted by Crippen LogP contribution is -2.44. The van der Waals surface area contributed by atoms with Gasteiger partial charge in [-0.25, -0.2) is 4.98 Å². The van der Waals surface area contributed by atoms with Gasteiger partial charge in [-0.05, 0) is 38.8 Å². The zero-order chi connectivity index (χ0) is 11.7. The lowest BCUT2D eigenvalue weighted by molar-refractivity contribution is 0.113. The largest absolute Gasteiger partial charge is 0.334 e. The van der Waals surface area contributed by atoms with Crippen LogP contribution in [-0.4, -0.2) is 40.1 Å². The Hall–Kier alpha value is -0.870. The number of hydrogen-bond acceptors (Lipinski definition) is 3. The lowest BCUT2D eigenvalue weighted by Gasteiger charge is -2.36. The Morgan fingerprint density at radius 2 is 2.41 bits per heavy atom. The number of fused-ring (bicyclic) bond motifs is 1. The fourth-order valence-electron chi connectivity index (χ4n) is 3.32. The maximum absolute atomic E-state index is 4.50. The van der Waals surface area contributed by atoms with Crippen molar-refractivity contribution in [3.63, 3.8) is 0 Å². The molecule has 1 N–H and O–H groups in total. The maximum atomic E-state index is 4.50. The molecule has 2 aliphatic rings. The van der Waals surface area contributed by atoms with Gasteiger partial charge in [0.25, 0.3) is 0 Å². The lowest BCUT2D eigenvalue weighted by atomic mass is 9.92. The number of rotatable bonds is 3. The second-order valence-corrected chi connectivity index (χ2v) is 5.23. The third-order valence-electron chi connectivity index (χ3n) is 4.28. The molecule has 3 rings (SSSR count). The van der Waals surface area contributed by atoms with Crippen LogP contribution in [0.4, 0.5) is 0 Å². The topological polar surface area (TPSA) is 33.1 Å². The van der Waals surface area contributed by atoms with Gasteiger partial charge in [-0.15, -0.1) is 0 Å². The van der Waals surface area contributed by atoms with E-state index in [1.165, 1.54) is 31.8 Å². The Labute approximate surface area is 103 Å². The molecule has 2 atom stereocenters. The predicted octanol–water partition coefficient (Wildman–Crippen LogP) is 1.09. The van der Waals surface area contributed by atoms with E-state index in [9.17, 15) is 0 Å². The Bertz CT molecular complexity index is 373. The molecule has 2 fully saturated rings. The monoisotopic (exact) mass is 234 g/mol. The number of nitrogens with zero attached hydrogens (tertiary/aromatic N) is 3. The van der Waals surface area contributed by atoms with Crippen LogP contribution in [0.1, 0.15) is 25.6 Å². The number of likely N-dealkylation sites (tertiary alicyclic amines) is 1. The summed E-state index contributed by atoms with van der Waals surface area (Å²) in [5.74, 6) is 2.09. The first kappa shape index (κ1) is 11.2. The molecule has 2 unspecified atom stereocenters. The molecule has 2 aliphatic heterocycles. The van der Waals surface area contributed by atoms with Gasteiger partial charge in [0.15, 0.2) is 0 Å². The highest BCUT2D eigenvalue weighted by Gasteiger charge is 2.35. The SMILES string of the molecule is CCn1ccnc1CN1CCCC2CNCC21. The fourth-order valence-corrected chi connectivity index (χ4v) is 3.32.